The topological polar surface area (TPSA) is 116 Å². The summed E-state index contributed by atoms with van der Waals surface area (Å²) in [5.41, 5.74) is 4.05. The highest BCUT2D eigenvalue weighted by Crippen LogP contribution is 2.33. The molecule has 1 aliphatic heterocycles. The fourth-order valence-electron chi connectivity index (χ4n) is 3.59. The molecule has 3 heterocycles. The van der Waals surface area contributed by atoms with Gasteiger partial charge in [0.2, 0.25) is 0 Å². The number of nitrogens with one attached hydrogen (secondary N) is 4. The zero-order chi connectivity index (χ0) is 23.7. The second-order valence-electron chi connectivity index (χ2n) is 7.68. The molecule has 168 valence electrons. The van der Waals surface area contributed by atoms with E-state index in [-0.39, 0.29) is 17.6 Å². The number of benzene rings is 2. The molecule has 0 unspecified atom stereocenters. The summed E-state index contributed by atoms with van der Waals surface area (Å²) in [6, 6.07) is 17.2. The molecule has 0 saturated heterocycles. The van der Waals surface area contributed by atoms with E-state index in [4.69, 9.17) is 0 Å². The lowest BCUT2D eigenvalue weighted by atomic mass is 9.98. The van der Waals surface area contributed by atoms with E-state index in [0.717, 1.165) is 5.69 Å². The van der Waals surface area contributed by atoms with Crippen LogP contribution in [0.5, 0.6) is 0 Å². The smallest absolute Gasteiger partial charge is 0.265 e. The third-order valence-corrected chi connectivity index (χ3v) is 6.16. The largest absolute Gasteiger partial charge is 0.346 e. The third kappa shape index (κ3) is 4.24. The number of carbonyl (C=O) groups excluding carboxylic acids is 3. The fourth-order valence-corrected chi connectivity index (χ4v) is 4.21. The van der Waals surface area contributed by atoms with E-state index in [1.807, 2.05) is 24.4 Å². The van der Waals surface area contributed by atoms with Crippen LogP contribution in [-0.2, 0) is 4.79 Å². The number of aryl methyl sites for hydroxylation is 1. The van der Waals surface area contributed by atoms with Crippen LogP contribution in [0.2, 0.25) is 0 Å². The number of nitrogens with zero attached hydrogens (tertiary/aromatic N) is 1. The number of thiophene rings is 1. The zero-order valence-electron chi connectivity index (χ0n) is 18.0. The van der Waals surface area contributed by atoms with Crippen LogP contribution >= 0.6 is 11.3 Å². The second kappa shape index (κ2) is 8.80. The molecule has 0 radical (unpaired) electrons. The van der Waals surface area contributed by atoms with Gasteiger partial charge in [0.1, 0.15) is 5.82 Å². The van der Waals surface area contributed by atoms with Crippen molar-refractivity contribution in [1.82, 2.24) is 10.2 Å². The van der Waals surface area contributed by atoms with Crippen LogP contribution in [0, 0.1) is 6.92 Å². The molecule has 2 aromatic carbocycles. The molecule has 0 bridgehead atoms. The number of hydrogen-bond donors (Lipinski definition) is 4. The monoisotopic (exact) mass is 469 g/mol. The molecule has 2 amide bonds. The van der Waals surface area contributed by atoms with Gasteiger partial charge in [0.25, 0.3) is 11.8 Å². The van der Waals surface area contributed by atoms with Gasteiger partial charge >= 0.3 is 0 Å². The predicted molar refractivity (Wildman–Crippen MR) is 132 cm³/mol. The van der Waals surface area contributed by atoms with Crippen molar-refractivity contribution in [3.05, 3.63) is 99.5 Å². The molecule has 0 atom stereocenters. The first-order valence-corrected chi connectivity index (χ1v) is 11.3. The number of ketones is 1. The van der Waals surface area contributed by atoms with Crippen molar-refractivity contribution in [3.8, 4) is 0 Å². The van der Waals surface area contributed by atoms with E-state index in [1.165, 1.54) is 11.3 Å². The Balaban J connectivity index is 1.34. The summed E-state index contributed by atoms with van der Waals surface area (Å²) in [5, 5.41) is 17.4. The van der Waals surface area contributed by atoms with Crippen molar-refractivity contribution < 1.29 is 14.4 Å². The van der Waals surface area contributed by atoms with Crippen molar-refractivity contribution in [2.45, 2.75) is 6.92 Å². The highest BCUT2D eigenvalue weighted by molar-refractivity contribution is 7.12. The first-order chi connectivity index (χ1) is 16.5. The average Bonchev–Trinajstić information content (AvgIpc) is 3.58. The molecule has 8 nitrogen and oxygen atoms in total. The summed E-state index contributed by atoms with van der Waals surface area (Å²) < 4.78 is 0. The van der Waals surface area contributed by atoms with Crippen LogP contribution in [-0.4, -0.2) is 27.8 Å². The number of hydrogen-bond acceptors (Lipinski definition) is 6. The first kappa shape index (κ1) is 21.4. The lowest BCUT2D eigenvalue weighted by molar-refractivity contribution is -0.110. The number of aromatic nitrogens is 2. The Kier molecular flexibility index (Phi) is 5.52. The van der Waals surface area contributed by atoms with Crippen molar-refractivity contribution in [1.29, 1.82) is 0 Å². The van der Waals surface area contributed by atoms with E-state index in [2.05, 4.69) is 26.1 Å². The van der Waals surface area contributed by atoms with Gasteiger partial charge in [-0.05, 0) is 60.8 Å². The first-order valence-electron chi connectivity index (χ1n) is 10.4. The molecule has 0 aliphatic carbocycles. The van der Waals surface area contributed by atoms with Crippen LogP contribution < -0.4 is 16.0 Å². The summed E-state index contributed by atoms with van der Waals surface area (Å²) in [5.74, 6) is 0.0248. The van der Waals surface area contributed by atoms with Gasteiger partial charge in [-0.3, -0.25) is 19.5 Å². The Bertz CT molecular complexity index is 1440. The average molecular weight is 470 g/mol. The van der Waals surface area contributed by atoms with Crippen LogP contribution in [0.1, 0.15) is 36.9 Å². The molecule has 34 heavy (non-hydrogen) atoms. The molecule has 0 fully saturated rings. The highest BCUT2D eigenvalue weighted by atomic mass is 32.1. The van der Waals surface area contributed by atoms with Gasteiger partial charge < -0.3 is 16.0 Å². The molecule has 4 aromatic rings. The quantitative estimate of drug-likeness (QED) is 0.242. The van der Waals surface area contributed by atoms with E-state index in [1.54, 1.807) is 54.7 Å². The molecule has 0 saturated carbocycles. The van der Waals surface area contributed by atoms with Crippen molar-refractivity contribution in [2.24, 2.45) is 0 Å². The van der Waals surface area contributed by atoms with Crippen LogP contribution in [0.25, 0.3) is 5.57 Å². The summed E-state index contributed by atoms with van der Waals surface area (Å²) in [7, 11) is 0. The molecular formula is C25H19N5O3S. The van der Waals surface area contributed by atoms with E-state index in [0.29, 0.717) is 44.3 Å². The van der Waals surface area contributed by atoms with Crippen LogP contribution in [0.15, 0.2) is 72.2 Å². The van der Waals surface area contributed by atoms with Gasteiger partial charge in [-0.1, -0.05) is 6.07 Å². The van der Waals surface area contributed by atoms with Gasteiger partial charge in [0.05, 0.1) is 16.1 Å². The maximum Gasteiger partial charge on any atom is 0.265 e. The van der Waals surface area contributed by atoms with Crippen molar-refractivity contribution >= 4 is 51.7 Å². The molecule has 9 heteroatoms. The summed E-state index contributed by atoms with van der Waals surface area (Å²) in [6.07, 6.45) is 1.59. The number of anilines is 3. The summed E-state index contributed by atoms with van der Waals surface area (Å²) in [6.45, 7) is 1.86. The van der Waals surface area contributed by atoms with Gasteiger partial charge in [-0.25, -0.2) is 0 Å². The maximum absolute atomic E-state index is 13.1. The third-order valence-electron chi connectivity index (χ3n) is 5.29. The minimum atomic E-state index is -0.255. The fraction of sp³-hybridized carbons (Fsp3) is 0.0400. The molecule has 5 rings (SSSR count). The minimum absolute atomic E-state index is 0.185. The lowest BCUT2D eigenvalue weighted by Crippen LogP contribution is -2.10. The van der Waals surface area contributed by atoms with E-state index in [9.17, 15) is 14.4 Å². The SMILES string of the molecule is Cc1cc(N/C=C2\C(=O)Nc3ccc(C(=O)c4ccc(NC(=O)c5cccs5)cc4)cc32)[nH]n1. The van der Waals surface area contributed by atoms with E-state index < -0.39 is 0 Å². The number of H-pyrrole nitrogens is 1. The van der Waals surface area contributed by atoms with Gasteiger partial charge in [-0.2, -0.15) is 5.10 Å². The van der Waals surface area contributed by atoms with Gasteiger partial charge in [0.15, 0.2) is 5.78 Å². The number of amides is 2. The number of rotatable bonds is 6. The second-order valence-corrected chi connectivity index (χ2v) is 8.63. The maximum atomic E-state index is 13.1. The molecule has 1 aliphatic rings. The van der Waals surface area contributed by atoms with Gasteiger partial charge in [0, 0.05) is 40.3 Å². The Morgan fingerprint density at radius 3 is 2.53 bits per heavy atom. The van der Waals surface area contributed by atoms with Gasteiger partial charge in [-0.15, -0.1) is 11.3 Å². The van der Waals surface area contributed by atoms with Crippen molar-refractivity contribution in [3.63, 3.8) is 0 Å². The zero-order valence-corrected chi connectivity index (χ0v) is 18.8. The molecule has 0 spiro atoms. The molecule has 2 aromatic heterocycles. The normalized spacial score (nSPS) is 13.4. The Labute approximate surface area is 198 Å². The summed E-state index contributed by atoms with van der Waals surface area (Å²) >= 11 is 1.36. The standard InChI is InChI=1S/C25H19N5O3S/c1-14-11-22(30-29-14)26-13-19-18-12-16(6-9-20(18)28-24(19)32)23(31)15-4-7-17(8-5-15)27-25(33)21-3-2-10-34-21/h2-13H,1H3,(H,27,33)(H,28,32)(H2,26,29,30)/b19-13-. The number of carbonyl (C=O) groups is 3. The Hall–Kier alpha value is -4.50. The predicted octanol–water partition coefficient (Wildman–Crippen LogP) is 4.67. The van der Waals surface area contributed by atoms with Crippen LogP contribution in [0.3, 0.4) is 0 Å². The Morgan fingerprint density at radius 1 is 1.03 bits per heavy atom. The summed E-state index contributed by atoms with van der Waals surface area (Å²) in [4.78, 5) is 38.4. The molecule has 4 N–H and O–H groups in total. The van der Waals surface area contributed by atoms with E-state index >= 15 is 0 Å². The minimum Gasteiger partial charge on any atom is -0.346 e. The van der Waals surface area contributed by atoms with Crippen molar-refractivity contribution in [2.75, 3.05) is 16.0 Å². The molecular weight excluding hydrogens is 450 g/mol. The van der Waals surface area contributed by atoms with Crippen LogP contribution in [0.4, 0.5) is 17.2 Å². The lowest BCUT2D eigenvalue weighted by Gasteiger charge is -2.07. The number of aromatic amines is 1. The Morgan fingerprint density at radius 2 is 1.82 bits per heavy atom. The highest BCUT2D eigenvalue weighted by Gasteiger charge is 2.25. The number of fused-ring (bicyclic) bond motifs is 1.